The van der Waals surface area contributed by atoms with Crippen LogP contribution in [0.2, 0.25) is 0 Å². The van der Waals surface area contributed by atoms with E-state index in [1.165, 1.54) is 0 Å². The van der Waals surface area contributed by atoms with Gasteiger partial charge in [-0.15, -0.1) is 0 Å². The number of aromatic carboxylic acids is 1. The van der Waals surface area contributed by atoms with Gasteiger partial charge in [0.05, 0.1) is 11.3 Å². The number of nitrogens with one attached hydrogen (secondary N) is 1. The molecule has 2 atom stereocenters. The Bertz CT molecular complexity index is 496. The normalized spacial score (nSPS) is 23.1. The van der Waals surface area contributed by atoms with Gasteiger partial charge in [0.2, 0.25) is 0 Å². The Morgan fingerprint density at radius 2 is 2.16 bits per heavy atom. The van der Waals surface area contributed by atoms with Crippen LogP contribution in [0.4, 0.5) is 14.5 Å². The highest BCUT2D eigenvalue weighted by Crippen LogP contribution is 2.29. The van der Waals surface area contributed by atoms with Gasteiger partial charge in [0, 0.05) is 17.4 Å². The van der Waals surface area contributed by atoms with E-state index in [9.17, 15) is 13.6 Å². The summed E-state index contributed by atoms with van der Waals surface area (Å²) in [6, 6.07) is 1.71. The highest BCUT2D eigenvalue weighted by molar-refractivity contribution is 8.00. The van der Waals surface area contributed by atoms with Crippen molar-refractivity contribution in [1.29, 1.82) is 0 Å². The maximum atomic E-state index is 13.7. The minimum absolute atomic E-state index is 0.0538. The monoisotopic (exact) mass is 287 g/mol. The lowest BCUT2D eigenvalue weighted by atomic mass is 10.1. The average Bonchev–Trinajstić information content (AvgIpc) is 2.34. The quantitative estimate of drug-likeness (QED) is 0.895. The van der Waals surface area contributed by atoms with Gasteiger partial charge in [0.25, 0.3) is 0 Å². The highest BCUT2D eigenvalue weighted by Gasteiger charge is 2.23. The second-order valence-electron chi connectivity index (χ2n) is 4.59. The first kappa shape index (κ1) is 14.1. The maximum Gasteiger partial charge on any atom is 0.338 e. The predicted octanol–water partition coefficient (Wildman–Crippen LogP) is 3.36. The van der Waals surface area contributed by atoms with Crippen molar-refractivity contribution in [2.45, 2.75) is 31.1 Å². The molecule has 1 fully saturated rings. The third kappa shape index (κ3) is 3.18. The molecule has 0 saturated carbocycles. The predicted molar refractivity (Wildman–Crippen MR) is 71.9 cm³/mol. The van der Waals surface area contributed by atoms with Gasteiger partial charge in [0.15, 0.2) is 0 Å². The number of thioether (sulfide) groups is 1. The van der Waals surface area contributed by atoms with E-state index in [1.807, 2.05) is 6.92 Å². The number of hydrogen-bond acceptors (Lipinski definition) is 3. The van der Waals surface area contributed by atoms with Crippen molar-refractivity contribution in [3.05, 3.63) is 29.3 Å². The first-order chi connectivity index (χ1) is 8.99. The average molecular weight is 287 g/mol. The molecule has 0 bridgehead atoms. The molecule has 0 spiro atoms. The molecule has 2 rings (SSSR count). The summed E-state index contributed by atoms with van der Waals surface area (Å²) < 4.78 is 27.0. The van der Waals surface area contributed by atoms with E-state index in [4.69, 9.17) is 5.11 Å². The Labute approximate surface area is 114 Å². The fourth-order valence-corrected chi connectivity index (χ4v) is 3.28. The Morgan fingerprint density at radius 1 is 1.42 bits per heavy atom. The van der Waals surface area contributed by atoms with Crippen molar-refractivity contribution in [2.75, 3.05) is 11.1 Å². The number of carboxylic acids is 1. The molecule has 1 aliphatic rings. The topological polar surface area (TPSA) is 49.3 Å². The highest BCUT2D eigenvalue weighted by atomic mass is 32.2. The molecule has 1 aliphatic heterocycles. The summed E-state index contributed by atoms with van der Waals surface area (Å²) in [6.07, 6.45) is 1.93. The zero-order valence-corrected chi connectivity index (χ0v) is 11.3. The lowest BCUT2D eigenvalue weighted by molar-refractivity contribution is 0.0692. The fraction of sp³-hybridized carbons (Fsp3) is 0.462. The molecule has 0 radical (unpaired) electrons. The number of benzene rings is 1. The zero-order valence-electron chi connectivity index (χ0n) is 10.5. The first-order valence-corrected chi connectivity index (χ1v) is 7.14. The molecule has 1 heterocycles. The van der Waals surface area contributed by atoms with Crippen molar-refractivity contribution < 1.29 is 18.7 Å². The van der Waals surface area contributed by atoms with Crippen molar-refractivity contribution in [3.8, 4) is 0 Å². The van der Waals surface area contributed by atoms with Crippen LogP contribution in [0, 0.1) is 11.6 Å². The molecule has 0 aromatic heterocycles. The van der Waals surface area contributed by atoms with Gasteiger partial charge < -0.3 is 10.4 Å². The van der Waals surface area contributed by atoms with Crippen LogP contribution < -0.4 is 5.32 Å². The van der Waals surface area contributed by atoms with Gasteiger partial charge in [-0.1, -0.05) is 6.92 Å². The van der Waals surface area contributed by atoms with Crippen LogP contribution >= 0.6 is 11.8 Å². The van der Waals surface area contributed by atoms with Gasteiger partial charge in [-0.25, -0.2) is 13.6 Å². The van der Waals surface area contributed by atoms with E-state index in [-0.39, 0.29) is 11.7 Å². The Balaban J connectivity index is 2.24. The third-order valence-electron chi connectivity index (χ3n) is 3.23. The molecule has 1 aromatic rings. The molecule has 6 heteroatoms. The summed E-state index contributed by atoms with van der Waals surface area (Å²) >= 11 is 1.79. The van der Waals surface area contributed by atoms with Crippen molar-refractivity contribution in [1.82, 2.24) is 0 Å². The smallest absolute Gasteiger partial charge is 0.338 e. The molecule has 3 nitrogen and oxygen atoms in total. The molecule has 1 saturated heterocycles. The van der Waals surface area contributed by atoms with E-state index >= 15 is 0 Å². The van der Waals surface area contributed by atoms with Gasteiger partial charge in [-0.3, -0.25) is 0 Å². The van der Waals surface area contributed by atoms with Crippen LogP contribution in [0.25, 0.3) is 0 Å². The van der Waals surface area contributed by atoms with Crippen LogP contribution in [0.5, 0.6) is 0 Å². The number of carboxylic acid groups (broad SMARTS) is 1. The molecule has 104 valence electrons. The van der Waals surface area contributed by atoms with Crippen LogP contribution in [0.1, 0.15) is 30.1 Å². The number of anilines is 1. The maximum absolute atomic E-state index is 13.7. The van der Waals surface area contributed by atoms with Gasteiger partial charge in [-0.05, 0) is 24.7 Å². The number of halogens is 2. The number of rotatable bonds is 3. The molecule has 2 unspecified atom stereocenters. The van der Waals surface area contributed by atoms with E-state index in [0.29, 0.717) is 11.3 Å². The van der Waals surface area contributed by atoms with Crippen molar-refractivity contribution >= 4 is 23.4 Å². The van der Waals surface area contributed by atoms with Crippen molar-refractivity contribution in [2.24, 2.45) is 0 Å². The summed E-state index contributed by atoms with van der Waals surface area (Å²) in [5, 5.41) is 12.2. The molecule has 0 aliphatic carbocycles. The number of hydrogen-bond donors (Lipinski definition) is 2. The second-order valence-corrected chi connectivity index (χ2v) is 6.07. The summed E-state index contributed by atoms with van der Waals surface area (Å²) in [5.74, 6) is -2.13. The van der Waals surface area contributed by atoms with Gasteiger partial charge in [0.1, 0.15) is 11.6 Å². The second kappa shape index (κ2) is 5.77. The van der Waals surface area contributed by atoms with Crippen LogP contribution in [-0.2, 0) is 0 Å². The minimum Gasteiger partial charge on any atom is -0.478 e. The van der Waals surface area contributed by atoms with E-state index < -0.39 is 23.2 Å². The fourth-order valence-electron chi connectivity index (χ4n) is 2.14. The molecule has 0 amide bonds. The SMILES string of the molecule is CC1SCCCC1Nc1cc(C(=O)O)c(F)cc1F. The van der Waals surface area contributed by atoms with E-state index in [2.05, 4.69) is 5.32 Å². The molecule has 19 heavy (non-hydrogen) atoms. The lowest BCUT2D eigenvalue weighted by Gasteiger charge is -2.30. The Morgan fingerprint density at radius 3 is 2.79 bits per heavy atom. The minimum atomic E-state index is -1.40. The van der Waals surface area contributed by atoms with Crippen LogP contribution in [0.15, 0.2) is 12.1 Å². The standard InChI is InChI=1S/C13H15F2NO2S/c1-7-11(3-2-4-19-7)16-12-5-8(13(17)18)9(14)6-10(12)15/h5-7,11,16H,2-4H2,1H3,(H,17,18). The first-order valence-electron chi connectivity index (χ1n) is 6.09. The van der Waals surface area contributed by atoms with E-state index in [1.54, 1.807) is 11.8 Å². The van der Waals surface area contributed by atoms with Gasteiger partial charge >= 0.3 is 5.97 Å². The molecule has 2 N–H and O–H groups in total. The lowest BCUT2D eigenvalue weighted by Crippen LogP contribution is -2.33. The van der Waals surface area contributed by atoms with Crippen LogP contribution in [-0.4, -0.2) is 28.1 Å². The number of carbonyl (C=O) groups is 1. The van der Waals surface area contributed by atoms with Crippen LogP contribution in [0.3, 0.4) is 0 Å². The third-order valence-corrected chi connectivity index (χ3v) is 4.61. The molecule has 1 aromatic carbocycles. The van der Waals surface area contributed by atoms with E-state index in [0.717, 1.165) is 24.7 Å². The molecular weight excluding hydrogens is 272 g/mol. The summed E-state index contributed by atoms with van der Waals surface area (Å²) in [4.78, 5) is 10.8. The summed E-state index contributed by atoms with van der Waals surface area (Å²) in [6.45, 7) is 2.04. The van der Waals surface area contributed by atoms with Crippen molar-refractivity contribution in [3.63, 3.8) is 0 Å². The zero-order chi connectivity index (χ0) is 14.0. The summed E-state index contributed by atoms with van der Waals surface area (Å²) in [5.41, 5.74) is -0.460. The Hall–Kier alpha value is -1.30. The van der Waals surface area contributed by atoms with Gasteiger partial charge in [-0.2, -0.15) is 11.8 Å². The summed E-state index contributed by atoms with van der Waals surface area (Å²) in [7, 11) is 0. The largest absolute Gasteiger partial charge is 0.478 e. The Kier molecular flexibility index (Phi) is 4.29. The molecular formula is C13H15F2NO2S.